The Bertz CT molecular complexity index is 413. The summed E-state index contributed by atoms with van der Waals surface area (Å²) in [7, 11) is 0. The minimum atomic E-state index is -4.68. The van der Waals surface area contributed by atoms with Gasteiger partial charge in [0.25, 0.3) is 0 Å². The lowest BCUT2D eigenvalue weighted by molar-refractivity contribution is -0.141. The van der Waals surface area contributed by atoms with Gasteiger partial charge in [0.15, 0.2) is 0 Å². The van der Waals surface area contributed by atoms with Crippen LogP contribution in [0.3, 0.4) is 0 Å². The third-order valence-electron chi connectivity index (χ3n) is 2.14. The number of nitrogens with one attached hydrogen (secondary N) is 1. The van der Waals surface area contributed by atoms with E-state index in [1.807, 2.05) is 0 Å². The van der Waals surface area contributed by atoms with Gasteiger partial charge in [0.2, 0.25) is 0 Å². The Morgan fingerprint density at radius 1 is 1.31 bits per heavy atom. The number of halogens is 3. The van der Waals surface area contributed by atoms with Crippen molar-refractivity contribution in [1.29, 1.82) is 0 Å². The minimum absolute atomic E-state index is 0.247. The normalized spacial score (nSPS) is 12.9. The third kappa shape index (κ3) is 2.37. The van der Waals surface area contributed by atoms with Crippen molar-refractivity contribution in [3.63, 3.8) is 0 Å². The molecule has 0 saturated heterocycles. The molecule has 0 amide bonds. The van der Waals surface area contributed by atoms with E-state index in [1.54, 1.807) is 20.8 Å². The number of carboxylic acids is 1. The van der Waals surface area contributed by atoms with Crippen LogP contribution >= 0.6 is 0 Å². The lowest BCUT2D eigenvalue weighted by Gasteiger charge is -2.16. The van der Waals surface area contributed by atoms with Crippen molar-refractivity contribution >= 4 is 5.97 Å². The maximum absolute atomic E-state index is 12.5. The highest BCUT2D eigenvalue weighted by Gasteiger charge is 2.38. The van der Waals surface area contributed by atoms with E-state index < -0.39 is 28.8 Å². The number of hydrogen-bond donors (Lipinski definition) is 2. The van der Waals surface area contributed by atoms with Gasteiger partial charge in [-0.3, -0.25) is 0 Å². The summed E-state index contributed by atoms with van der Waals surface area (Å²) < 4.78 is 37.5. The Labute approximate surface area is 90.3 Å². The molecule has 0 saturated carbocycles. The van der Waals surface area contributed by atoms with Gasteiger partial charge in [-0.05, 0) is 6.07 Å². The molecule has 16 heavy (non-hydrogen) atoms. The molecule has 0 aliphatic rings. The Hall–Kier alpha value is -1.46. The fourth-order valence-electron chi connectivity index (χ4n) is 1.25. The SMILES string of the molecule is CC(C)(C)c1cc(C(=O)O)c(C(F)(F)F)[nH]1. The number of aromatic nitrogens is 1. The van der Waals surface area contributed by atoms with Crippen molar-refractivity contribution in [1.82, 2.24) is 4.98 Å². The van der Waals surface area contributed by atoms with Gasteiger partial charge in [0, 0.05) is 11.1 Å². The Kier molecular flexibility index (Phi) is 2.79. The molecule has 0 fully saturated rings. The third-order valence-corrected chi connectivity index (χ3v) is 2.14. The van der Waals surface area contributed by atoms with Gasteiger partial charge in [-0.2, -0.15) is 13.2 Å². The molecule has 3 nitrogen and oxygen atoms in total. The predicted octanol–water partition coefficient (Wildman–Crippen LogP) is 3.03. The first-order valence-corrected chi connectivity index (χ1v) is 4.57. The molecule has 0 spiro atoms. The first kappa shape index (κ1) is 12.6. The molecular weight excluding hydrogens is 223 g/mol. The summed E-state index contributed by atoms with van der Waals surface area (Å²) >= 11 is 0. The average molecular weight is 235 g/mol. The first-order valence-electron chi connectivity index (χ1n) is 4.57. The lowest BCUT2D eigenvalue weighted by Crippen LogP contribution is -2.14. The summed E-state index contributed by atoms with van der Waals surface area (Å²) in [4.78, 5) is 12.8. The molecule has 0 bridgehead atoms. The van der Waals surface area contributed by atoms with Crippen LogP contribution in [-0.4, -0.2) is 16.1 Å². The summed E-state index contributed by atoms with van der Waals surface area (Å²) in [6.45, 7) is 5.10. The fourth-order valence-corrected chi connectivity index (χ4v) is 1.25. The van der Waals surface area contributed by atoms with E-state index in [1.165, 1.54) is 0 Å². The zero-order valence-electron chi connectivity index (χ0n) is 9.07. The number of H-pyrrole nitrogens is 1. The minimum Gasteiger partial charge on any atom is -0.478 e. The van der Waals surface area contributed by atoms with Crippen LogP contribution in [0.15, 0.2) is 6.07 Å². The van der Waals surface area contributed by atoms with E-state index in [4.69, 9.17) is 5.11 Å². The maximum atomic E-state index is 12.5. The van der Waals surface area contributed by atoms with Gasteiger partial charge in [-0.1, -0.05) is 20.8 Å². The van der Waals surface area contributed by atoms with E-state index >= 15 is 0 Å². The van der Waals surface area contributed by atoms with Gasteiger partial charge in [0.1, 0.15) is 5.69 Å². The number of carbonyl (C=O) groups is 1. The molecule has 0 radical (unpaired) electrons. The molecule has 2 N–H and O–H groups in total. The van der Waals surface area contributed by atoms with Crippen LogP contribution < -0.4 is 0 Å². The summed E-state index contributed by atoms with van der Waals surface area (Å²) in [5.41, 5.74) is -2.26. The highest BCUT2D eigenvalue weighted by molar-refractivity contribution is 5.89. The van der Waals surface area contributed by atoms with Crippen LogP contribution in [-0.2, 0) is 11.6 Å². The molecule has 1 aromatic rings. The topological polar surface area (TPSA) is 53.1 Å². The van der Waals surface area contributed by atoms with Crippen LogP contribution in [0.4, 0.5) is 13.2 Å². The second-order valence-corrected chi connectivity index (χ2v) is 4.52. The van der Waals surface area contributed by atoms with Gasteiger partial charge in [0.05, 0.1) is 5.56 Å². The van der Waals surface area contributed by atoms with Crippen molar-refractivity contribution in [2.24, 2.45) is 0 Å². The van der Waals surface area contributed by atoms with E-state index in [-0.39, 0.29) is 5.69 Å². The number of rotatable bonds is 1. The Morgan fingerprint density at radius 2 is 1.81 bits per heavy atom. The average Bonchev–Trinajstić information content (AvgIpc) is 2.44. The highest BCUT2D eigenvalue weighted by Crippen LogP contribution is 2.34. The number of carboxylic acid groups (broad SMARTS) is 1. The monoisotopic (exact) mass is 235 g/mol. The first-order chi connectivity index (χ1) is 7.03. The zero-order chi connectivity index (χ0) is 12.7. The Morgan fingerprint density at radius 3 is 2.06 bits per heavy atom. The quantitative estimate of drug-likeness (QED) is 0.786. The van der Waals surface area contributed by atoms with E-state index in [2.05, 4.69) is 4.98 Å². The van der Waals surface area contributed by atoms with Crippen LogP contribution in [0.5, 0.6) is 0 Å². The van der Waals surface area contributed by atoms with Crippen LogP contribution in [0.25, 0.3) is 0 Å². The zero-order valence-corrected chi connectivity index (χ0v) is 9.07. The summed E-state index contributed by atoms with van der Waals surface area (Å²) in [5, 5.41) is 8.69. The van der Waals surface area contributed by atoms with Gasteiger partial charge >= 0.3 is 12.1 Å². The number of aromatic carboxylic acids is 1. The molecule has 0 unspecified atom stereocenters. The lowest BCUT2D eigenvalue weighted by atomic mass is 9.92. The smallest absolute Gasteiger partial charge is 0.432 e. The highest BCUT2D eigenvalue weighted by atomic mass is 19.4. The van der Waals surface area contributed by atoms with E-state index in [9.17, 15) is 18.0 Å². The molecule has 0 aromatic carbocycles. The van der Waals surface area contributed by atoms with E-state index in [0.29, 0.717) is 0 Å². The molecular formula is C10H12F3NO2. The maximum Gasteiger partial charge on any atom is 0.432 e. The molecule has 0 atom stereocenters. The molecule has 90 valence electrons. The Balaban J connectivity index is 3.38. The number of alkyl halides is 3. The second kappa shape index (κ2) is 3.54. The molecule has 6 heteroatoms. The van der Waals surface area contributed by atoms with Crippen molar-refractivity contribution in [2.75, 3.05) is 0 Å². The van der Waals surface area contributed by atoms with Gasteiger partial charge < -0.3 is 10.1 Å². The van der Waals surface area contributed by atoms with Crippen molar-refractivity contribution in [3.8, 4) is 0 Å². The van der Waals surface area contributed by atoms with Crippen LogP contribution in [0.1, 0.15) is 42.5 Å². The summed E-state index contributed by atoms with van der Waals surface area (Å²) in [6, 6.07) is 1.03. The second-order valence-electron chi connectivity index (χ2n) is 4.52. The molecule has 1 aromatic heterocycles. The molecule has 0 aliphatic heterocycles. The molecule has 1 rings (SSSR count). The van der Waals surface area contributed by atoms with Crippen molar-refractivity contribution < 1.29 is 23.1 Å². The van der Waals surface area contributed by atoms with Gasteiger partial charge in [-0.15, -0.1) is 0 Å². The molecule has 0 aliphatic carbocycles. The van der Waals surface area contributed by atoms with Crippen molar-refractivity contribution in [2.45, 2.75) is 32.4 Å². The molecule has 1 heterocycles. The summed E-state index contributed by atoms with van der Waals surface area (Å²) in [5.74, 6) is -1.58. The predicted molar refractivity (Wildman–Crippen MR) is 51.5 cm³/mol. The van der Waals surface area contributed by atoms with Crippen LogP contribution in [0.2, 0.25) is 0 Å². The van der Waals surface area contributed by atoms with Crippen molar-refractivity contribution in [3.05, 3.63) is 23.0 Å². The summed E-state index contributed by atoms with van der Waals surface area (Å²) in [6.07, 6.45) is -4.68. The fraction of sp³-hybridized carbons (Fsp3) is 0.500. The number of aromatic amines is 1. The van der Waals surface area contributed by atoms with E-state index in [0.717, 1.165) is 6.07 Å². The van der Waals surface area contributed by atoms with Crippen LogP contribution in [0, 0.1) is 0 Å². The standard InChI is InChI=1S/C10H12F3NO2/c1-9(2,3)6-4-5(8(15)16)7(14-6)10(11,12)13/h4,14H,1-3H3,(H,15,16). The van der Waals surface area contributed by atoms with Gasteiger partial charge in [-0.25, -0.2) is 4.79 Å². The largest absolute Gasteiger partial charge is 0.478 e. The number of hydrogen-bond acceptors (Lipinski definition) is 1.